The molecule has 0 aliphatic carbocycles. The lowest BCUT2D eigenvalue weighted by Gasteiger charge is -1.99. The molecule has 0 aliphatic heterocycles. The maximum atomic E-state index is 12.3. The molecular formula is C19H14N2O2S2. The number of hydrogen-bond acceptors (Lipinski definition) is 4. The molecule has 4 aromatic rings. The van der Waals surface area contributed by atoms with E-state index in [0.717, 1.165) is 32.0 Å². The van der Waals surface area contributed by atoms with Crippen LogP contribution in [-0.4, -0.2) is 13.4 Å². The minimum absolute atomic E-state index is 0.365. The molecule has 0 radical (unpaired) electrons. The first-order chi connectivity index (χ1) is 12.1. The zero-order valence-corrected chi connectivity index (χ0v) is 14.7. The Labute approximate surface area is 149 Å². The van der Waals surface area contributed by atoms with Crippen molar-refractivity contribution >= 4 is 53.6 Å². The van der Waals surface area contributed by atoms with Crippen molar-refractivity contribution in [3.63, 3.8) is 0 Å². The van der Waals surface area contributed by atoms with Crippen LogP contribution in [0.2, 0.25) is 0 Å². The molecule has 0 amide bonds. The topological polar surface area (TPSA) is 59.1 Å². The number of nitrogens with one attached hydrogen (secondary N) is 1. The fraction of sp³-hybridized carbons (Fsp3) is 0. The van der Waals surface area contributed by atoms with E-state index in [0.29, 0.717) is 5.13 Å². The van der Waals surface area contributed by atoms with E-state index in [4.69, 9.17) is 0 Å². The van der Waals surface area contributed by atoms with Crippen LogP contribution in [0.4, 0.5) is 5.13 Å². The minimum atomic E-state index is -3.62. The fourth-order valence-electron chi connectivity index (χ4n) is 2.59. The van der Waals surface area contributed by atoms with E-state index in [9.17, 15) is 8.42 Å². The Morgan fingerprint density at radius 2 is 1.68 bits per heavy atom. The quantitative estimate of drug-likeness (QED) is 0.561. The fourth-order valence-corrected chi connectivity index (χ4v) is 4.54. The normalized spacial score (nSPS) is 12.2. The molecule has 1 N–H and O–H groups in total. The van der Waals surface area contributed by atoms with Gasteiger partial charge in [-0.1, -0.05) is 72.0 Å². The van der Waals surface area contributed by atoms with E-state index in [1.807, 2.05) is 66.7 Å². The van der Waals surface area contributed by atoms with Crippen molar-refractivity contribution in [1.82, 2.24) is 4.98 Å². The molecule has 4 nitrogen and oxygen atoms in total. The highest BCUT2D eigenvalue weighted by Crippen LogP contribution is 2.32. The number of rotatable bonds is 4. The van der Waals surface area contributed by atoms with Crippen molar-refractivity contribution in [2.45, 2.75) is 0 Å². The Morgan fingerprint density at radius 1 is 0.920 bits per heavy atom. The van der Waals surface area contributed by atoms with Crippen LogP contribution < -0.4 is 4.72 Å². The molecule has 0 atom stereocenters. The standard InChI is InChI=1S/C19H14N2O2S2/c22-25(23,13-12-14-6-2-1-3-7-14)21-19-20-18-16-9-5-4-8-15(16)10-11-17(18)24-19/h1-13H,(H,20,21)/b13-12+. The van der Waals surface area contributed by atoms with Crippen molar-refractivity contribution in [3.8, 4) is 0 Å². The summed E-state index contributed by atoms with van der Waals surface area (Å²) >= 11 is 1.33. The van der Waals surface area contributed by atoms with Gasteiger partial charge in [0.05, 0.1) is 15.6 Å². The van der Waals surface area contributed by atoms with Gasteiger partial charge in [-0.25, -0.2) is 13.4 Å². The molecule has 25 heavy (non-hydrogen) atoms. The summed E-state index contributed by atoms with van der Waals surface area (Å²) in [5, 5.41) is 3.62. The largest absolute Gasteiger partial charge is 0.256 e. The second-order valence-corrected chi connectivity index (χ2v) is 8.11. The summed E-state index contributed by atoms with van der Waals surface area (Å²) in [5.74, 6) is 0. The van der Waals surface area contributed by atoms with Gasteiger partial charge in [-0.3, -0.25) is 4.72 Å². The van der Waals surface area contributed by atoms with E-state index in [2.05, 4.69) is 9.71 Å². The van der Waals surface area contributed by atoms with Crippen molar-refractivity contribution in [2.24, 2.45) is 0 Å². The number of nitrogens with zero attached hydrogens (tertiary/aromatic N) is 1. The van der Waals surface area contributed by atoms with Gasteiger partial charge in [0, 0.05) is 5.39 Å². The lowest BCUT2D eigenvalue weighted by molar-refractivity contribution is 0.609. The zero-order chi connectivity index (χ0) is 17.3. The third-order valence-corrected chi connectivity index (χ3v) is 5.79. The van der Waals surface area contributed by atoms with Gasteiger partial charge < -0.3 is 0 Å². The number of aromatic nitrogens is 1. The van der Waals surface area contributed by atoms with Gasteiger partial charge in [-0.15, -0.1) is 0 Å². The molecule has 0 saturated heterocycles. The number of benzene rings is 3. The molecule has 0 aliphatic rings. The van der Waals surface area contributed by atoms with Crippen LogP contribution in [0.1, 0.15) is 5.56 Å². The number of hydrogen-bond donors (Lipinski definition) is 1. The molecule has 0 unspecified atom stereocenters. The van der Waals surface area contributed by atoms with Gasteiger partial charge in [0.2, 0.25) is 0 Å². The molecular weight excluding hydrogens is 352 g/mol. The van der Waals surface area contributed by atoms with E-state index >= 15 is 0 Å². The molecule has 0 bridgehead atoms. The summed E-state index contributed by atoms with van der Waals surface area (Å²) in [6.45, 7) is 0. The van der Waals surface area contributed by atoms with Crippen LogP contribution in [0.3, 0.4) is 0 Å². The highest BCUT2D eigenvalue weighted by atomic mass is 32.2. The Balaban J connectivity index is 1.66. The van der Waals surface area contributed by atoms with Gasteiger partial charge >= 0.3 is 0 Å². The van der Waals surface area contributed by atoms with Crippen LogP contribution in [0.15, 0.2) is 72.1 Å². The second-order valence-electron chi connectivity index (χ2n) is 5.51. The zero-order valence-electron chi connectivity index (χ0n) is 13.1. The molecule has 1 aromatic heterocycles. The summed E-state index contributed by atoms with van der Waals surface area (Å²) in [4.78, 5) is 4.48. The Hall–Kier alpha value is -2.70. The SMILES string of the molecule is O=S(=O)(/C=C/c1ccccc1)Nc1nc2c(ccc3ccccc32)s1. The van der Waals surface area contributed by atoms with Crippen molar-refractivity contribution in [3.05, 3.63) is 77.7 Å². The number of thiazole rings is 1. The van der Waals surface area contributed by atoms with Crippen molar-refractivity contribution < 1.29 is 8.42 Å². The summed E-state index contributed by atoms with van der Waals surface area (Å²) in [5.41, 5.74) is 1.64. The highest BCUT2D eigenvalue weighted by Gasteiger charge is 2.12. The monoisotopic (exact) mass is 366 g/mol. The van der Waals surface area contributed by atoms with E-state index in [-0.39, 0.29) is 0 Å². The average Bonchev–Trinajstić information content (AvgIpc) is 3.03. The van der Waals surface area contributed by atoms with Crippen molar-refractivity contribution in [1.29, 1.82) is 0 Å². The first-order valence-electron chi connectivity index (χ1n) is 7.65. The molecule has 3 aromatic carbocycles. The minimum Gasteiger partial charge on any atom is -0.255 e. The molecule has 4 rings (SSSR count). The van der Waals surface area contributed by atoms with Crippen LogP contribution in [-0.2, 0) is 10.0 Å². The lowest BCUT2D eigenvalue weighted by atomic mass is 10.1. The van der Waals surface area contributed by atoms with E-state index in [1.54, 1.807) is 6.08 Å². The first-order valence-corrected chi connectivity index (χ1v) is 10.0. The Kier molecular flexibility index (Phi) is 3.99. The average molecular weight is 366 g/mol. The van der Waals surface area contributed by atoms with Crippen LogP contribution in [0.25, 0.3) is 27.1 Å². The summed E-state index contributed by atoms with van der Waals surface area (Å²) < 4.78 is 28.0. The highest BCUT2D eigenvalue weighted by molar-refractivity contribution is 7.95. The van der Waals surface area contributed by atoms with Gasteiger partial charge in [0.15, 0.2) is 5.13 Å². The molecule has 1 heterocycles. The first kappa shape index (κ1) is 15.8. The van der Waals surface area contributed by atoms with E-state index < -0.39 is 10.0 Å². The number of fused-ring (bicyclic) bond motifs is 3. The van der Waals surface area contributed by atoms with Crippen LogP contribution in [0, 0.1) is 0 Å². The van der Waals surface area contributed by atoms with E-state index in [1.165, 1.54) is 11.3 Å². The maximum absolute atomic E-state index is 12.3. The summed E-state index contributed by atoms with van der Waals surface area (Å²) in [6.07, 6.45) is 1.56. The lowest BCUT2D eigenvalue weighted by Crippen LogP contribution is -2.08. The second kappa shape index (κ2) is 6.31. The van der Waals surface area contributed by atoms with Gasteiger partial charge in [-0.05, 0) is 23.1 Å². The van der Waals surface area contributed by atoms with Gasteiger partial charge in [-0.2, -0.15) is 0 Å². The molecule has 0 fully saturated rings. The molecule has 6 heteroatoms. The Bertz CT molecular complexity index is 1180. The Morgan fingerprint density at radius 3 is 2.52 bits per heavy atom. The van der Waals surface area contributed by atoms with Gasteiger partial charge in [0.1, 0.15) is 0 Å². The third-order valence-electron chi connectivity index (χ3n) is 3.75. The predicted octanol–water partition coefficient (Wildman–Crippen LogP) is 4.86. The van der Waals surface area contributed by atoms with Crippen LogP contribution in [0.5, 0.6) is 0 Å². The molecule has 0 spiro atoms. The predicted molar refractivity (Wildman–Crippen MR) is 105 cm³/mol. The van der Waals surface area contributed by atoms with Crippen LogP contribution >= 0.6 is 11.3 Å². The van der Waals surface area contributed by atoms with Crippen molar-refractivity contribution in [2.75, 3.05) is 4.72 Å². The molecule has 0 saturated carbocycles. The summed E-state index contributed by atoms with van der Waals surface area (Å²) in [6, 6.07) is 21.2. The third kappa shape index (κ3) is 3.40. The maximum Gasteiger partial charge on any atom is 0.256 e. The smallest absolute Gasteiger partial charge is 0.255 e. The number of anilines is 1. The van der Waals surface area contributed by atoms with Gasteiger partial charge in [0.25, 0.3) is 10.0 Å². The molecule has 124 valence electrons. The number of sulfonamides is 1. The summed E-state index contributed by atoms with van der Waals surface area (Å²) in [7, 11) is -3.62.